The van der Waals surface area contributed by atoms with E-state index in [1.165, 1.54) is 122 Å². The maximum absolute atomic E-state index is 13.6. The van der Waals surface area contributed by atoms with Gasteiger partial charge in [0.15, 0.2) is 44.0 Å². The van der Waals surface area contributed by atoms with E-state index in [0.717, 1.165) is 72.1 Å². The van der Waals surface area contributed by atoms with Crippen LogP contribution in [0.4, 0.5) is 0 Å². The summed E-state index contributed by atoms with van der Waals surface area (Å²) in [5, 5.41) is 236. The summed E-state index contributed by atoms with van der Waals surface area (Å²) in [7, 11) is 0. The lowest BCUT2D eigenvalue weighted by Crippen LogP contribution is -2.72. The highest BCUT2D eigenvalue weighted by molar-refractivity contribution is 5.76. The zero-order valence-electron chi connectivity index (χ0n) is 74.7. The van der Waals surface area contributed by atoms with Crippen molar-refractivity contribution in [1.29, 1.82) is 0 Å². The molecule has 7 rings (SSSR count). The molecule has 0 spiro atoms. The molecular weight excluding hydrogens is 1700 g/mol. The van der Waals surface area contributed by atoms with Gasteiger partial charge in [0, 0.05) is 27.2 Å². The molecule has 0 bridgehead atoms. The third-order valence-electron chi connectivity index (χ3n) is 24.7. The zero-order chi connectivity index (χ0) is 93.7. The van der Waals surface area contributed by atoms with E-state index in [2.05, 4.69) is 35.1 Å². The molecular formula is C86H154N4O38. The highest BCUT2D eigenvalue weighted by Crippen LogP contribution is 2.40. The van der Waals surface area contributed by atoms with Crippen LogP contribution in [0.15, 0.2) is 12.2 Å². The minimum absolute atomic E-state index is 0.149. The third kappa shape index (κ3) is 33.0. The molecule has 42 nitrogen and oxygen atoms in total. The first-order valence-corrected chi connectivity index (χ1v) is 46.5. The molecule has 4 amide bonds. The molecule has 0 aromatic rings. The molecule has 0 aliphatic carbocycles. The molecule has 0 aromatic heterocycles. The van der Waals surface area contributed by atoms with Crippen LogP contribution in [0.25, 0.3) is 0 Å². The normalized spacial score (nSPS) is 37.6. The third-order valence-corrected chi connectivity index (χ3v) is 24.7. The minimum atomic E-state index is -2.51. The number of aliphatic hydroxyl groups is 20. The van der Waals surface area contributed by atoms with E-state index >= 15 is 0 Å². The van der Waals surface area contributed by atoms with Crippen molar-refractivity contribution in [2.75, 3.05) is 52.9 Å². The molecule has 0 radical (unpaired) electrons. The predicted octanol–water partition coefficient (Wildman–Crippen LogP) is -3.68. The summed E-state index contributed by atoms with van der Waals surface area (Å²) in [5.41, 5.74) is 0. The SMILES string of the molecule is CCCCCCCCCCCCC/C=C/[C@@H](O)[C@H](CO[C@@H]1OC(CO)[C@@H](O[C@@H]2OC(CO)[C@H](O[C@@H]3OC(CO)[C@H](O[C@@H]4OC(CO)[C@H](O)[C@H](O[C@@H]5OC(CO)[C@H](O)[C@H](O)C5O)C4NC(C)=O)[C@H](O[C@@H]4OC(CO)[C@H](O)[C@H](O[C@H]5OC(CO)[C@H](O)[C@H](O)C5NC(C)=O)C4NC(C)=O)C3O)[C@H](O)C2O)[C@H](O)C1O)NC(=O)CCCCCCCCCCCCCCCCCCC. The van der Waals surface area contributed by atoms with Gasteiger partial charge in [-0.2, -0.15) is 0 Å². The fourth-order valence-electron chi connectivity index (χ4n) is 17.3. The zero-order valence-corrected chi connectivity index (χ0v) is 74.7. The highest BCUT2D eigenvalue weighted by atomic mass is 16.8. The van der Waals surface area contributed by atoms with Crippen molar-refractivity contribution < 1.29 is 188 Å². The maximum atomic E-state index is 13.6. The number of hydrogen-bond donors (Lipinski definition) is 24. The fraction of sp³-hybridized carbons (Fsp3) is 0.930. The van der Waals surface area contributed by atoms with Gasteiger partial charge in [-0.05, 0) is 19.3 Å². The summed E-state index contributed by atoms with van der Waals surface area (Å²) in [6, 6.07) is -6.69. The molecule has 14 unspecified atom stereocenters. The highest BCUT2D eigenvalue weighted by Gasteiger charge is 2.61. The average molecular weight is 1850 g/mol. The van der Waals surface area contributed by atoms with Gasteiger partial charge >= 0.3 is 0 Å². The lowest BCUT2D eigenvalue weighted by Gasteiger charge is -2.52. The van der Waals surface area contributed by atoms with Gasteiger partial charge < -0.3 is 190 Å². The number of ether oxygens (including phenoxy) is 14. The second kappa shape index (κ2) is 58.6. The van der Waals surface area contributed by atoms with E-state index in [1.54, 1.807) is 6.08 Å². The topological polar surface area (TPSA) is 650 Å². The average Bonchev–Trinajstić information content (AvgIpc) is 0.753. The smallest absolute Gasteiger partial charge is 0.220 e. The maximum Gasteiger partial charge on any atom is 0.220 e. The van der Waals surface area contributed by atoms with Crippen LogP contribution in [0.2, 0.25) is 0 Å². The van der Waals surface area contributed by atoms with Crippen LogP contribution < -0.4 is 21.3 Å². The van der Waals surface area contributed by atoms with E-state index < -0.39 is 297 Å². The first kappa shape index (κ1) is 111. The first-order chi connectivity index (χ1) is 61.4. The van der Waals surface area contributed by atoms with Crippen LogP contribution in [-0.4, -0.2) is 406 Å². The van der Waals surface area contributed by atoms with Gasteiger partial charge in [-0.25, -0.2) is 0 Å². The Hall–Kier alpha value is -3.74. The minimum Gasteiger partial charge on any atom is -0.394 e. The Morgan fingerprint density at radius 3 is 1.02 bits per heavy atom. The lowest BCUT2D eigenvalue weighted by atomic mass is 9.93. The van der Waals surface area contributed by atoms with Crippen LogP contribution in [-0.2, 0) is 85.5 Å². The molecule has 7 aliphatic rings. The lowest BCUT2D eigenvalue weighted by molar-refractivity contribution is -0.400. The van der Waals surface area contributed by atoms with Crippen LogP contribution in [0.1, 0.15) is 227 Å². The van der Waals surface area contributed by atoms with Gasteiger partial charge in [0.2, 0.25) is 23.6 Å². The Morgan fingerprint density at radius 2 is 0.602 bits per heavy atom. The van der Waals surface area contributed by atoms with Gasteiger partial charge in [0.1, 0.15) is 171 Å². The number of allylic oxidation sites excluding steroid dienone is 1. The van der Waals surface area contributed by atoms with E-state index in [4.69, 9.17) is 66.3 Å². The van der Waals surface area contributed by atoms with Crippen LogP contribution >= 0.6 is 0 Å². The van der Waals surface area contributed by atoms with E-state index in [9.17, 15) is 121 Å². The summed E-state index contributed by atoms with van der Waals surface area (Å²) in [5.74, 6) is -3.07. The van der Waals surface area contributed by atoms with Crippen molar-refractivity contribution in [3.8, 4) is 0 Å². The molecule has 128 heavy (non-hydrogen) atoms. The summed E-state index contributed by atoms with van der Waals surface area (Å²) < 4.78 is 85.2. The standard InChI is InChI=1S/C86H154N4O38/c1-6-8-10-12-14-16-18-20-21-22-23-25-27-29-31-33-35-37-58(102)90-49(50(101)36-34-32-30-28-26-24-19-17-15-13-11-9-7-2)45-115-83-71(112)68(109)74(55(42-95)120-83)123-85-72(113)69(110)75(56(43-96)121-85)124-86-73(114)79(128-82-60(88-47(4)99)77(64(105)53(40-93)118-82)126-80-59(87-46(3)98)66(107)62(103)51(38-91)116-80)76(57(44-97)122-86)125-81-61(89-48(5)100)78(65(106)54(41-94)117-81)127-84-70(111)67(108)63(104)52(39-92)119-84/h34,36,49-57,59-86,91-97,101,103-114H,6-33,35,37-45H2,1-5H3,(H,87,98)(H,88,99)(H,89,100)(H,90,102)/b36-34+/t49-,50+,51?,52?,53?,54?,55?,56?,57?,59?,60?,61?,62-,63-,64-,65-,66+,67-,68+,69+,70?,71?,72?,73?,74+,75-,76-,77+,78+,79+,80+,81-,82-,83+,84-,85-,86-/m0/s1. The Balaban J connectivity index is 1.09. The van der Waals surface area contributed by atoms with Gasteiger partial charge in [0.05, 0.1) is 65.0 Å². The molecule has 7 aliphatic heterocycles. The number of amides is 4. The van der Waals surface area contributed by atoms with Gasteiger partial charge in [0.25, 0.3) is 0 Å². The quantitative estimate of drug-likeness (QED) is 0.0206. The largest absolute Gasteiger partial charge is 0.394 e. The molecule has 24 N–H and O–H groups in total. The number of carbonyl (C=O) groups excluding carboxylic acids is 4. The van der Waals surface area contributed by atoms with Crippen molar-refractivity contribution in [3.05, 3.63) is 12.2 Å². The van der Waals surface area contributed by atoms with Crippen LogP contribution in [0, 0.1) is 0 Å². The monoisotopic (exact) mass is 1850 g/mol. The Bertz CT molecular complexity index is 3090. The number of nitrogens with one attached hydrogen (secondary N) is 4. The number of rotatable bonds is 58. The van der Waals surface area contributed by atoms with Crippen molar-refractivity contribution in [2.45, 2.75) is 454 Å². The molecule has 7 heterocycles. The number of unbranched alkanes of at least 4 members (excludes halogenated alkanes) is 27. The number of hydrogen-bond acceptors (Lipinski definition) is 38. The second-order valence-electron chi connectivity index (χ2n) is 34.9. The van der Waals surface area contributed by atoms with Crippen LogP contribution in [0.5, 0.6) is 0 Å². The van der Waals surface area contributed by atoms with E-state index in [1.807, 2.05) is 6.08 Å². The van der Waals surface area contributed by atoms with Crippen molar-refractivity contribution in [2.24, 2.45) is 0 Å². The summed E-state index contributed by atoms with van der Waals surface area (Å²) in [6.07, 6.45) is -29.6. The van der Waals surface area contributed by atoms with Crippen molar-refractivity contribution in [1.82, 2.24) is 21.3 Å². The first-order valence-electron chi connectivity index (χ1n) is 46.5. The Kier molecular flexibility index (Phi) is 51.0. The van der Waals surface area contributed by atoms with E-state index in [0.29, 0.717) is 12.8 Å². The molecule has 0 aromatic carbocycles. The Morgan fingerprint density at radius 1 is 0.305 bits per heavy atom. The van der Waals surface area contributed by atoms with Gasteiger partial charge in [-0.3, -0.25) is 19.2 Å². The molecule has 37 atom stereocenters. The Labute approximate surface area is 748 Å². The molecule has 42 heteroatoms. The molecule has 7 fully saturated rings. The molecule has 0 saturated carbocycles. The van der Waals surface area contributed by atoms with E-state index in [-0.39, 0.29) is 12.3 Å². The molecule has 746 valence electrons. The fourth-order valence-corrected chi connectivity index (χ4v) is 17.3. The molecule has 7 saturated heterocycles. The second-order valence-corrected chi connectivity index (χ2v) is 34.9. The van der Waals surface area contributed by atoms with Crippen molar-refractivity contribution >= 4 is 23.6 Å². The summed E-state index contributed by atoms with van der Waals surface area (Å²) in [6.45, 7) is -0.646. The summed E-state index contributed by atoms with van der Waals surface area (Å²) >= 11 is 0. The summed E-state index contributed by atoms with van der Waals surface area (Å²) in [4.78, 5) is 52.9. The van der Waals surface area contributed by atoms with Crippen molar-refractivity contribution in [3.63, 3.8) is 0 Å². The van der Waals surface area contributed by atoms with Gasteiger partial charge in [-0.15, -0.1) is 0 Å². The van der Waals surface area contributed by atoms with Crippen LogP contribution in [0.3, 0.4) is 0 Å². The van der Waals surface area contributed by atoms with Gasteiger partial charge in [-0.1, -0.05) is 193 Å². The predicted molar refractivity (Wildman–Crippen MR) is 447 cm³/mol. The number of aliphatic hydroxyl groups excluding tert-OH is 20. The number of carbonyl (C=O) groups is 4.